The van der Waals surface area contributed by atoms with Gasteiger partial charge in [0, 0.05) is 25.2 Å². The molecule has 2 amide bonds. The number of likely N-dealkylation sites (N-methyl/N-ethyl adjacent to an activating group) is 1. The number of nitro benzene ring substituents is 1. The zero-order chi connectivity index (χ0) is 15.3. The average molecular weight is 300 g/mol. The van der Waals surface area contributed by atoms with Crippen molar-refractivity contribution < 1.29 is 14.5 Å². The fourth-order valence-electron chi connectivity index (χ4n) is 1.37. The maximum atomic E-state index is 11.8. The molecule has 20 heavy (non-hydrogen) atoms. The zero-order valence-corrected chi connectivity index (χ0v) is 11.8. The third-order valence-electron chi connectivity index (χ3n) is 2.71. The molecule has 0 atom stereocenters. The van der Waals surface area contributed by atoms with Gasteiger partial charge in [0.1, 0.15) is 5.02 Å². The standard InChI is InChI=1S/C12H14ClN3O4/c1-3-15(2)11(17)7-14-12(18)8-4-5-10(16(19)20)9(13)6-8/h4-6H,3,7H2,1-2H3,(H,14,18). The third kappa shape index (κ3) is 3.92. The van der Waals surface area contributed by atoms with E-state index in [0.717, 1.165) is 6.07 Å². The van der Waals surface area contributed by atoms with Crippen molar-refractivity contribution in [3.8, 4) is 0 Å². The van der Waals surface area contributed by atoms with Crippen molar-refractivity contribution in [1.82, 2.24) is 10.2 Å². The van der Waals surface area contributed by atoms with Gasteiger partial charge in [-0.25, -0.2) is 0 Å². The number of amides is 2. The average Bonchev–Trinajstić information content (AvgIpc) is 2.42. The van der Waals surface area contributed by atoms with E-state index >= 15 is 0 Å². The first-order valence-electron chi connectivity index (χ1n) is 5.83. The molecule has 1 rings (SSSR count). The van der Waals surface area contributed by atoms with Gasteiger partial charge >= 0.3 is 0 Å². The second-order valence-corrected chi connectivity index (χ2v) is 4.42. The maximum Gasteiger partial charge on any atom is 0.287 e. The minimum absolute atomic E-state index is 0.125. The van der Waals surface area contributed by atoms with Crippen molar-refractivity contribution in [2.24, 2.45) is 0 Å². The molecule has 0 spiro atoms. The summed E-state index contributed by atoms with van der Waals surface area (Å²) < 4.78 is 0. The van der Waals surface area contributed by atoms with E-state index < -0.39 is 10.8 Å². The topological polar surface area (TPSA) is 92.6 Å². The molecule has 0 saturated heterocycles. The molecule has 1 N–H and O–H groups in total. The molecule has 1 aromatic carbocycles. The quantitative estimate of drug-likeness (QED) is 0.658. The number of carbonyl (C=O) groups excluding carboxylic acids is 2. The van der Waals surface area contributed by atoms with Crippen LogP contribution in [0.4, 0.5) is 5.69 Å². The first kappa shape index (κ1) is 15.9. The highest BCUT2D eigenvalue weighted by Gasteiger charge is 2.16. The molecule has 8 heteroatoms. The summed E-state index contributed by atoms with van der Waals surface area (Å²) in [4.78, 5) is 34.7. The number of carbonyl (C=O) groups is 2. The normalized spacial score (nSPS) is 9.95. The number of hydrogen-bond acceptors (Lipinski definition) is 4. The minimum atomic E-state index is -0.635. The lowest BCUT2D eigenvalue weighted by Gasteiger charge is -2.14. The largest absolute Gasteiger partial charge is 0.345 e. The Balaban J connectivity index is 2.72. The maximum absolute atomic E-state index is 11.8. The Morgan fingerprint density at radius 2 is 2.10 bits per heavy atom. The highest BCUT2D eigenvalue weighted by molar-refractivity contribution is 6.33. The van der Waals surface area contributed by atoms with Gasteiger partial charge in [-0.2, -0.15) is 0 Å². The smallest absolute Gasteiger partial charge is 0.287 e. The van der Waals surface area contributed by atoms with Crippen LogP contribution in [-0.2, 0) is 4.79 Å². The zero-order valence-electron chi connectivity index (χ0n) is 11.1. The highest BCUT2D eigenvalue weighted by atomic mass is 35.5. The Hall–Kier alpha value is -2.15. The Bertz CT molecular complexity index is 548. The Morgan fingerprint density at radius 1 is 1.45 bits per heavy atom. The molecular weight excluding hydrogens is 286 g/mol. The lowest BCUT2D eigenvalue weighted by atomic mass is 10.2. The first-order valence-corrected chi connectivity index (χ1v) is 6.20. The fourth-order valence-corrected chi connectivity index (χ4v) is 1.62. The second kappa shape index (κ2) is 6.85. The van der Waals surface area contributed by atoms with Gasteiger partial charge in [-0.15, -0.1) is 0 Å². The lowest BCUT2D eigenvalue weighted by Crippen LogP contribution is -2.37. The van der Waals surface area contributed by atoms with Crippen molar-refractivity contribution in [2.75, 3.05) is 20.1 Å². The number of rotatable bonds is 5. The van der Waals surface area contributed by atoms with E-state index in [-0.39, 0.29) is 28.7 Å². The van der Waals surface area contributed by atoms with Crippen LogP contribution in [0.15, 0.2) is 18.2 Å². The second-order valence-electron chi connectivity index (χ2n) is 4.01. The third-order valence-corrected chi connectivity index (χ3v) is 3.01. The summed E-state index contributed by atoms with van der Waals surface area (Å²) in [5.41, 5.74) is -0.113. The summed E-state index contributed by atoms with van der Waals surface area (Å²) in [6.07, 6.45) is 0. The highest BCUT2D eigenvalue weighted by Crippen LogP contribution is 2.24. The van der Waals surface area contributed by atoms with Gasteiger partial charge in [0.15, 0.2) is 0 Å². The van der Waals surface area contributed by atoms with Crippen LogP contribution in [-0.4, -0.2) is 41.8 Å². The predicted molar refractivity (Wildman–Crippen MR) is 73.8 cm³/mol. The van der Waals surface area contributed by atoms with Crippen molar-refractivity contribution in [1.29, 1.82) is 0 Å². The molecule has 0 aromatic heterocycles. The number of hydrogen-bond donors (Lipinski definition) is 1. The van der Waals surface area contributed by atoms with Gasteiger partial charge in [0.05, 0.1) is 11.5 Å². The van der Waals surface area contributed by atoms with Gasteiger partial charge in [-0.05, 0) is 19.1 Å². The Kier molecular flexibility index (Phi) is 5.45. The Labute approximate surface area is 120 Å². The lowest BCUT2D eigenvalue weighted by molar-refractivity contribution is -0.384. The van der Waals surface area contributed by atoms with Crippen LogP contribution >= 0.6 is 11.6 Å². The summed E-state index contributed by atoms with van der Waals surface area (Å²) in [5, 5.41) is 12.9. The van der Waals surface area contributed by atoms with Gasteiger partial charge in [-0.1, -0.05) is 11.6 Å². The molecule has 0 bridgehead atoms. The van der Waals surface area contributed by atoms with E-state index in [9.17, 15) is 19.7 Å². The summed E-state index contributed by atoms with van der Waals surface area (Å²) in [6.45, 7) is 2.21. The van der Waals surface area contributed by atoms with Gasteiger partial charge in [0.25, 0.3) is 11.6 Å². The summed E-state index contributed by atoms with van der Waals surface area (Å²) in [6, 6.07) is 3.63. The predicted octanol–water partition coefficient (Wildman–Crippen LogP) is 1.46. The molecule has 0 aliphatic rings. The van der Waals surface area contributed by atoms with Crippen LogP contribution in [0.5, 0.6) is 0 Å². The SMILES string of the molecule is CCN(C)C(=O)CNC(=O)c1ccc([N+](=O)[O-])c(Cl)c1. The molecule has 0 unspecified atom stereocenters. The number of halogens is 1. The molecule has 0 saturated carbocycles. The molecule has 0 aliphatic carbocycles. The van der Waals surface area contributed by atoms with Crippen molar-refractivity contribution >= 4 is 29.1 Å². The van der Waals surface area contributed by atoms with Gasteiger partial charge in [-0.3, -0.25) is 19.7 Å². The van der Waals surface area contributed by atoms with Gasteiger partial charge < -0.3 is 10.2 Å². The molecule has 7 nitrogen and oxygen atoms in total. The number of benzene rings is 1. The van der Waals surface area contributed by atoms with E-state index in [2.05, 4.69) is 5.32 Å². The van der Waals surface area contributed by atoms with E-state index in [4.69, 9.17) is 11.6 Å². The van der Waals surface area contributed by atoms with Crippen LogP contribution in [0.25, 0.3) is 0 Å². The number of nitrogens with one attached hydrogen (secondary N) is 1. The van der Waals surface area contributed by atoms with E-state index in [0.29, 0.717) is 6.54 Å². The van der Waals surface area contributed by atoms with E-state index in [1.165, 1.54) is 17.0 Å². The number of nitrogens with zero attached hydrogens (tertiary/aromatic N) is 2. The first-order chi connectivity index (χ1) is 9.36. The van der Waals surface area contributed by atoms with Crippen LogP contribution < -0.4 is 5.32 Å². The molecule has 0 radical (unpaired) electrons. The molecule has 108 valence electrons. The number of nitro groups is 1. The molecule has 0 heterocycles. The van der Waals surface area contributed by atoms with E-state index in [1.807, 2.05) is 6.92 Å². The molecular formula is C12H14ClN3O4. The summed E-state index contributed by atoms with van der Waals surface area (Å²) in [7, 11) is 1.62. The van der Waals surface area contributed by atoms with Crippen molar-refractivity contribution in [3.63, 3.8) is 0 Å². The molecule has 0 aliphatic heterocycles. The molecule has 0 fully saturated rings. The summed E-state index contributed by atoms with van der Waals surface area (Å²) in [5.74, 6) is -0.742. The van der Waals surface area contributed by atoms with Crippen LogP contribution in [0, 0.1) is 10.1 Å². The monoisotopic (exact) mass is 299 g/mol. The van der Waals surface area contributed by atoms with E-state index in [1.54, 1.807) is 7.05 Å². The van der Waals surface area contributed by atoms with Crippen LogP contribution in [0.2, 0.25) is 5.02 Å². The summed E-state index contributed by atoms with van der Waals surface area (Å²) >= 11 is 5.71. The Morgan fingerprint density at radius 3 is 2.60 bits per heavy atom. The van der Waals surface area contributed by atoms with Crippen molar-refractivity contribution in [2.45, 2.75) is 6.92 Å². The molecule has 1 aromatic rings. The minimum Gasteiger partial charge on any atom is -0.345 e. The van der Waals surface area contributed by atoms with Crippen LogP contribution in [0.1, 0.15) is 17.3 Å². The van der Waals surface area contributed by atoms with Gasteiger partial charge in [0.2, 0.25) is 5.91 Å². The van der Waals surface area contributed by atoms with Crippen LogP contribution in [0.3, 0.4) is 0 Å². The van der Waals surface area contributed by atoms with Crippen molar-refractivity contribution in [3.05, 3.63) is 38.9 Å². The fraction of sp³-hybridized carbons (Fsp3) is 0.333.